The summed E-state index contributed by atoms with van der Waals surface area (Å²) in [5.41, 5.74) is 5.77. The van der Waals surface area contributed by atoms with Crippen LogP contribution in [0, 0.1) is 0 Å². The van der Waals surface area contributed by atoms with E-state index in [1.165, 1.54) is 0 Å². The van der Waals surface area contributed by atoms with Crippen LogP contribution in [0.25, 0.3) is 17.0 Å². The molecular weight excluding hydrogens is 190 g/mol. The van der Waals surface area contributed by atoms with E-state index >= 15 is 0 Å². The lowest BCUT2D eigenvalue weighted by Crippen LogP contribution is -2.18. The molecule has 73 valence electrons. The molecular formula is C11H8N3O. The monoisotopic (exact) mass is 198 g/mol. The molecule has 1 aromatic heterocycles. The van der Waals surface area contributed by atoms with Crippen LogP contribution in [0.3, 0.4) is 0 Å². The van der Waals surface area contributed by atoms with Crippen molar-refractivity contribution in [1.82, 2.24) is 15.1 Å². The standard InChI is InChI=1S/C11H8N3O/c1-7-6-10-12-11(15)8-4-2-3-5-9(8)14(10)13-7/h2-6H,1H3. The highest BCUT2D eigenvalue weighted by atomic mass is 16.1. The highest BCUT2D eigenvalue weighted by Gasteiger charge is 2.15. The Morgan fingerprint density at radius 3 is 2.93 bits per heavy atom. The fourth-order valence-electron chi connectivity index (χ4n) is 1.75. The zero-order valence-corrected chi connectivity index (χ0v) is 8.14. The van der Waals surface area contributed by atoms with E-state index in [2.05, 4.69) is 10.4 Å². The maximum absolute atomic E-state index is 11.6. The molecule has 3 rings (SSSR count). The average Bonchev–Trinajstić information content (AvgIpc) is 2.59. The zero-order valence-electron chi connectivity index (χ0n) is 8.14. The molecule has 0 N–H and O–H groups in total. The van der Waals surface area contributed by atoms with E-state index in [1.54, 1.807) is 16.8 Å². The Kier molecular flexibility index (Phi) is 1.48. The molecule has 0 saturated carbocycles. The van der Waals surface area contributed by atoms with Gasteiger partial charge in [-0.15, -0.1) is 0 Å². The van der Waals surface area contributed by atoms with E-state index < -0.39 is 0 Å². The number of hydrogen-bond donors (Lipinski definition) is 0. The van der Waals surface area contributed by atoms with Crippen molar-refractivity contribution in [2.24, 2.45) is 0 Å². The van der Waals surface area contributed by atoms with Gasteiger partial charge in [-0.2, -0.15) is 10.4 Å². The maximum atomic E-state index is 11.6. The maximum Gasteiger partial charge on any atom is 0.281 e. The molecule has 0 spiro atoms. The van der Waals surface area contributed by atoms with Crippen LogP contribution in [0.4, 0.5) is 0 Å². The van der Waals surface area contributed by atoms with Gasteiger partial charge in [0.25, 0.3) is 5.56 Å². The molecule has 2 heterocycles. The summed E-state index contributed by atoms with van der Waals surface area (Å²) in [6.07, 6.45) is 1.80. The summed E-state index contributed by atoms with van der Waals surface area (Å²) in [5, 5.41) is 0.605. The summed E-state index contributed by atoms with van der Waals surface area (Å²) in [6.45, 7) is 1.88. The Hall–Kier alpha value is -2.10. The van der Waals surface area contributed by atoms with Crippen molar-refractivity contribution >= 4 is 17.0 Å². The van der Waals surface area contributed by atoms with E-state index in [-0.39, 0.29) is 5.56 Å². The second kappa shape index (κ2) is 2.70. The minimum atomic E-state index is -0.196. The molecule has 2 aromatic rings. The molecule has 1 aliphatic heterocycles. The normalized spacial score (nSPS) is 13.5. The van der Waals surface area contributed by atoms with Gasteiger partial charge in [-0.25, -0.2) is 4.68 Å². The lowest BCUT2D eigenvalue weighted by molar-refractivity contribution is 0.690. The quantitative estimate of drug-likeness (QED) is 0.637. The van der Waals surface area contributed by atoms with Gasteiger partial charge in [-0.1, -0.05) is 12.1 Å². The minimum Gasteiger partial charge on any atom is -0.267 e. The molecule has 1 aliphatic rings. The largest absolute Gasteiger partial charge is 0.281 e. The van der Waals surface area contributed by atoms with Gasteiger partial charge in [0.2, 0.25) is 0 Å². The summed E-state index contributed by atoms with van der Waals surface area (Å²) in [4.78, 5) is 15.6. The summed E-state index contributed by atoms with van der Waals surface area (Å²) in [5.74, 6) is 0.608. The van der Waals surface area contributed by atoms with Crippen molar-refractivity contribution in [3.8, 4) is 0 Å². The van der Waals surface area contributed by atoms with Crippen molar-refractivity contribution in [2.45, 2.75) is 6.92 Å². The van der Waals surface area contributed by atoms with Crippen LogP contribution in [-0.2, 0) is 0 Å². The van der Waals surface area contributed by atoms with Crippen LogP contribution < -0.4 is 11.0 Å². The average molecular weight is 198 g/mol. The smallest absolute Gasteiger partial charge is 0.267 e. The number of aromatic nitrogens is 2. The summed E-state index contributed by atoms with van der Waals surface area (Å²) in [7, 11) is 0. The molecule has 0 bridgehead atoms. The van der Waals surface area contributed by atoms with Gasteiger partial charge in [-0.3, -0.25) is 4.79 Å². The fraction of sp³-hybridized carbons (Fsp3) is 0.0909. The Bertz CT molecular complexity index is 640. The Labute approximate surface area is 85.8 Å². The molecule has 1 radical (unpaired) electrons. The number of nitrogens with zero attached hydrogens (tertiary/aromatic N) is 3. The van der Waals surface area contributed by atoms with Gasteiger partial charge in [0.1, 0.15) is 0 Å². The molecule has 4 heteroatoms. The van der Waals surface area contributed by atoms with E-state index in [9.17, 15) is 4.79 Å². The van der Waals surface area contributed by atoms with E-state index in [4.69, 9.17) is 0 Å². The predicted molar refractivity (Wildman–Crippen MR) is 57.2 cm³/mol. The molecule has 0 atom stereocenters. The molecule has 15 heavy (non-hydrogen) atoms. The summed E-state index contributed by atoms with van der Waals surface area (Å²) < 4.78 is 1.70. The highest BCUT2D eigenvalue weighted by Crippen LogP contribution is 2.16. The number of rotatable bonds is 0. The van der Waals surface area contributed by atoms with Crippen LogP contribution in [0.2, 0.25) is 0 Å². The van der Waals surface area contributed by atoms with Gasteiger partial charge >= 0.3 is 0 Å². The predicted octanol–water partition coefficient (Wildman–Crippen LogP) is 1.14. The number of para-hydroxylation sites is 1. The molecule has 0 aliphatic carbocycles. The Balaban J connectivity index is 2.48. The van der Waals surface area contributed by atoms with Crippen molar-refractivity contribution in [3.63, 3.8) is 0 Å². The Morgan fingerprint density at radius 2 is 2.07 bits per heavy atom. The number of fused-ring (bicyclic) bond motifs is 3. The SMILES string of the molecule is CC1=Cc2nc(=O)c3ccccc3n2[N]1. The topological polar surface area (TPSA) is 49.0 Å². The van der Waals surface area contributed by atoms with Crippen LogP contribution in [0.5, 0.6) is 0 Å². The first kappa shape index (κ1) is 8.23. The third-order valence-electron chi connectivity index (χ3n) is 2.39. The van der Waals surface area contributed by atoms with Crippen LogP contribution in [0.15, 0.2) is 34.8 Å². The molecule has 4 nitrogen and oxygen atoms in total. The van der Waals surface area contributed by atoms with Gasteiger partial charge in [0.15, 0.2) is 5.82 Å². The molecule has 1 aromatic carbocycles. The number of hydrogen-bond acceptors (Lipinski definition) is 2. The molecule has 0 amide bonds. The third-order valence-corrected chi connectivity index (χ3v) is 2.39. The fourth-order valence-corrected chi connectivity index (χ4v) is 1.75. The summed E-state index contributed by atoms with van der Waals surface area (Å²) in [6, 6.07) is 7.35. The lowest BCUT2D eigenvalue weighted by Gasteiger charge is -2.06. The van der Waals surface area contributed by atoms with Crippen LogP contribution >= 0.6 is 0 Å². The van der Waals surface area contributed by atoms with Gasteiger partial charge in [0.05, 0.1) is 16.6 Å². The zero-order chi connectivity index (χ0) is 10.4. The van der Waals surface area contributed by atoms with Gasteiger partial charge in [0, 0.05) is 6.08 Å². The first-order chi connectivity index (χ1) is 7.25. The molecule has 0 saturated heterocycles. The third kappa shape index (κ3) is 1.08. The van der Waals surface area contributed by atoms with Crippen molar-refractivity contribution in [3.05, 3.63) is 46.1 Å². The number of allylic oxidation sites excluding steroid dienone is 1. The van der Waals surface area contributed by atoms with Crippen LogP contribution in [0.1, 0.15) is 12.7 Å². The summed E-state index contributed by atoms with van der Waals surface area (Å²) >= 11 is 0. The van der Waals surface area contributed by atoms with Gasteiger partial charge < -0.3 is 0 Å². The minimum absolute atomic E-state index is 0.196. The van der Waals surface area contributed by atoms with E-state index in [1.807, 2.05) is 25.1 Å². The van der Waals surface area contributed by atoms with Crippen molar-refractivity contribution in [2.75, 3.05) is 0 Å². The number of benzene rings is 1. The Morgan fingerprint density at radius 1 is 1.27 bits per heavy atom. The van der Waals surface area contributed by atoms with E-state index in [0.717, 1.165) is 11.2 Å². The molecule has 0 unspecified atom stereocenters. The van der Waals surface area contributed by atoms with Gasteiger partial charge in [-0.05, 0) is 19.1 Å². The lowest BCUT2D eigenvalue weighted by atomic mass is 10.2. The van der Waals surface area contributed by atoms with Crippen molar-refractivity contribution in [1.29, 1.82) is 0 Å². The first-order valence-corrected chi connectivity index (χ1v) is 4.68. The second-order valence-corrected chi connectivity index (χ2v) is 3.49. The van der Waals surface area contributed by atoms with Crippen LogP contribution in [-0.4, -0.2) is 9.66 Å². The molecule has 0 fully saturated rings. The first-order valence-electron chi connectivity index (χ1n) is 4.68. The highest BCUT2D eigenvalue weighted by molar-refractivity contribution is 5.79. The second-order valence-electron chi connectivity index (χ2n) is 3.49. The van der Waals surface area contributed by atoms with E-state index in [0.29, 0.717) is 11.2 Å². The van der Waals surface area contributed by atoms with Crippen molar-refractivity contribution < 1.29 is 0 Å².